The summed E-state index contributed by atoms with van der Waals surface area (Å²) in [6.45, 7) is 3.29. The molecule has 2 N–H and O–H groups in total. The summed E-state index contributed by atoms with van der Waals surface area (Å²) in [5.41, 5.74) is 1.57. The Morgan fingerprint density at radius 3 is 2.32 bits per heavy atom. The second-order valence-corrected chi connectivity index (χ2v) is 7.89. The van der Waals surface area contributed by atoms with Crippen LogP contribution in [0.1, 0.15) is 41.8 Å². The molecule has 1 atom stereocenters. The van der Waals surface area contributed by atoms with Crippen LogP contribution in [0.5, 0.6) is 17.2 Å². The highest BCUT2D eigenvalue weighted by Crippen LogP contribution is 2.33. The van der Waals surface area contributed by atoms with E-state index in [4.69, 9.17) is 9.47 Å². The van der Waals surface area contributed by atoms with Crippen molar-refractivity contribution in [1.82, 2.24) is 0 Å². The molecule has 0 saturated heterocycles. The molecular formula is C23H27BrO7. The van der Waals surface area contributed by atoms with E-state index in [0.29, 0.717) is 28.0 Å². The Morgan fingerprint density at radius 2 is 1.74 bits per heavy atom. The lowest BCUT2D eigenvalue weighted by Crippen LogP contribution is -2.25. The summed E-state index contributed by atoms with van der Waals surface area (Å²) in [5, 5.41) is 20.6. The molecule has 0 aliphatic heterocycles. The van der Waals surface area contributed by atoms with Crippen molar-refractivity contribution in [3.63, 3.8) is 0 Å². The molecule has 0 fully saturated rings. The predicted molar refractivity (Wildman–Crippen MR) is 119 cm³/mol. The molecule has 8 heteroatoms. The molecule has 0 saturated carbocycles. The minimum atomic E-state index is -0.925. The molecule has 7 nitrogen and oxygen atoms in total. The number of carbonyl (C=O) groups excluding carboxylic acids is 2. The summed E-state index contributed by atoms with van der Waals surface area (Å²) in [5.74, 6) is 0.309. The SMILES string of the molecule is CCCc1c(OCC(O)COc2ccc(CC(=O)OC)cc2Br)ccc(C(C)=O)c1O. The number of ketones is 1. The minimum Gasteiger partial charge on any atom is -0.507 e. The third-order valence-corrected chi connectivity index (χ3v) is 5.17. The van der Waals surface area contributed by atoms with E-state index < -0.39 is 6.10 Å². The van der Waals surface area contributed by atoms with Crippen LogP contribution in [0.2, 0.25) is 0 Å². The fourth-order valence-corrected chi connectivity index (χ4v) is 3.50. The predicted octanol–water partition coefficient (Wildman–Crippen LogP) is 3.84. The molecule has 31 heavy (non-hydrogen) atoms. The van der Waals surface area contributed by atoms with Crippen LogP contribution in [-0.4, -0.2) is 48.4 Å². The maximum atomic E-state index is 11.7. The number of phenols is 1. The number of benzene rings is 2. The Hall–Kier alpha value is -2.58. The molecule has 0 amide bonds. The van der Waals surface area contributed by atoms with E-state index in [0.717, 1.165) is 12.0 Å². The molecule has 168 valence electrons. The van der Waals surface area contributed by atoms with Crippen molar-refractivity contribution in [3.8, 4) is 17.2 Å². The van der Waals surface area contributed by atoms with Crippen molar-refractivity contribution < 1.29 is 34.0 Å². The van der Waals surface area contributed by atoms with Gasteiger partial charge in [0.15, 0.2) is 5.78 Å². The molecule has 2 rings (SSSR count). The van der Waals surface area contributed by atoms with Gasteiger partial charge in [-0.3, -0.25) is 9.59 Å². The van der Waals surface area contributed by atoms with E-state index in [1.165, 1.54) is 20.1 Å². The summed E-state index contributed by atoms with van der Waals surface area (Å²) >= 11 is 3.39. The number of methoxy groups -OCH3 is 1. The molecule has 0 aromatic heterocycles. The maximum absolute atomic E-state index is 11.7. The van der Waals surface area contributed by atoms with Crippen molar-refractivity contribution >= 4 is 27.7 Å². The summed E-state index contributed by atoms with van der Waals surface area (Å²) in [6.07, 6.45) is 0.531. The Balaban J connectivity index is 1.97. The number of aromatic hydroxyl groups is 1. The summed E-state index contributed by atoms with van der Waals surface area (Å²) in [7, 11) is 1.34. The topological polar surface area (TPSA) is 102 Å². The number of phenolic OH excluding ortho intramolecular Hbond substituents is 1. The molecular weight excluding hydrogens is 468 g/mol. The van der Waals surface area contributed by atoms with Crippen molar-refractivity contribution in [2.45, 2.75) is 39.2 Å². The van der Waals surface area contributed by atoms with E-state index in [1.54, 1.807) is 24.3 Å². The van der Waals surface area contributed by atoms with Crippen LogP contribution in [0.3, 0.4) is 0 Å². The Bertz CT molecular complexity index is 926. The number of Topliss-reactive ketones (excluding diaryl/α,β-unsaturated/α-hetero) is 1. The lowest BCUT2D eigenvalue weighted by molar-refractivity contribution is -0.139. The molecule has 2 aromatic carbocycles. The van der Waals surface area contributed by atoms with Crippen molar-refractivity contribution in [1.29, 1.82) is 0 Å². The number of ether oxygens (including phenoxy) is 3. The average molecular weight is 495 g/mol. The zero-order valence-electron chi connectivity index (χ0n) is 17.8. The van der Waals surface area contributed by atoms with Crippen LogP contribution >= 0.6 is 15.9 Å². The van der Waals surface area contributed by atoms with Gasteiger partial charge in [-0.1, -0.05) is 19.4 Å². The average Bonchev–Trinajstić information content (AvgIpc) is 2.73. The largest absolute Gasteiger partial charge is 0.507 e. The number of aliphatic hydroxyl groups excluding tert-OH is 1. The number of hydrogen-bond donors (Lipinski definition) is 2. The first kappa shape index (κ1) is 24.7. The number of carbonyl (C=O) groups is 2. The van der Waals surface area contributed by atoms with Crippen molar-refractivity contribution in [2.24, 2.45) is 0 Å². The second kappa shape index (κ2) is 11.7. The van der Waals surface area contributed by atoms with Crippen LogP contribution in [0, 0.1) is 0 Å². The highest BCUT2D eigenvalue weighted by molar-refractivity contribution is 9.10. The Morgan fingerprint density at radius 1 is 1.10 bits per heavy atom. The van der Waals surface area contributed by atoms with Gasteiger partial charge in [0.1, 0.15) is 36.6 Å². The van der Waals surface area contributed by atoms with Crippen LogP contribution in [0.25, 0.3) is 0 Å². The standard InChI is InChI=1S/C23H27BrO7/c1-4-5-18-20(9-7-17(14(2)25)23(18)28)30-12-16(26)13-31-21-8-6-15(10-19(21)24)11-22(27)29-3/h6-10,16,26,28H,4-5,11-13H2,1-3H3. The van der Waals surface area contributed by atoms with E-state index in [2.05, 4.69) is 20.7 Å². The third-order valence-electron chi connectivity index (χ3n) is 4.55. The van der Waals surface area contributed by atoms with Gasteiger partial charge in [0.2, 0.25) is 0 Å². The molecule has 0 aliphatic rings. The van der Waals surface area contributed by atoms with Gasteiger partial charge >= 0.3 is 5.97 Å². The fraction of sp³-hybridized carbons (Fsp3) is 0.391. The Labute approximate surface area is 190 Å². The fourth-order valence-electron chi connectivity index (χ4n) is 2.96. The number of aliphatic hydroxyl groups is 1. The van der Waals surface area contributed by atoms with E-state index >= 15 is 0 Å². The highest BCUT2D eigenvalue weighted by atomic mass is 79.9. The number of hydrogen-bond acceptors (Lipinski definition) is 7. The number of esters is 1. The summed E-state index contributed by atoms with van der Waals surface area (Å²) in [6, 6.07) is 8.35. The molecule has 1 unspecified atom stereocenters. The summed E-state index contributed by atoms with van der Waals surface area (Å²) in [4.78, 5) is 23.0. The zero-order valence-corrected chi connectivity index (χ0v) is 19.4. The molecule has 0 bridgehead atoms. The van der Waals surface area contributed by atoms with Crippen molar-refractivity contribution in [3.05, 3.63) is 51.5 Å². The second-order valence-electron chi connectivity index (χ2n) is 7.04. The van der Waals surface area contributed by atoms with E-state index in [-0.39, 0.29) is 42.7 Å². The molecule has 0 spiro atoms. The van der Waals surface area contributed by atoms with E-state index in [1.807, 2.05) is 6.92 Å². The van der Waals surface area contributed by atoms with E-state index in [9.17, 15) is 19.8 Å². The summed E-state index contributed by atoms with van der Waals surface area (Å²) < 4.78 is 16.6. The highest BCUT2D eigenvalue weighted by Gasteiger charge is 2.17. The van der Waals surface area contributed by atoms with Crippen LogP contribution < -0.4 is 9.47 Å². The zero-order chi connectivity index (χ0) is 23.0. The molecule has 0 aliphatic carbocycles. The maximum Gasteiger partial charge on any atom is 0.309 e. The molecule has 0 radical (unpaired) electrons. The number of rotatable bonds is 11. The number of halogens is 1. The monoisotopic (exact) mass is 494 g/mol. The van der Waals surface area contributed by atoms with Gasteiger partial charge in [-0.15, -0.1) is 0 Å². The third kappa shape index (κ3) is 6.97. The van der Waals surface area contributed by atoms with Gasteiger partial charge < -0.3 is 24.4 Å². The van der Waals surface area contributed by atoms with Crippen LogP contribution in [0.15, 0.2) is 34.8 Å². The van der Waals surface area contributed by atoms with Gasteiger partial charge in [0.05, 0.1) is 23.6 Å². The van der Waals surface area contributed by atoms with Gasteiger partial charge in [0.25, 0.3) is 0 Å². The normalized spacial score (nSPS) is 11.6. The van der Waals surface area contributed by atoms with Crippen LogP contribution in [-0.2, 0) is 22.4 Å². The van der Waals surface area contributed by atoms with Crippen molar-refractivity contribution in [2.75, 3.05) is 20.3 Å². The van der Waals surface area contributed by atoms with Crippen LogP contribution in [0.4, 0.5) is 0 Å². The first-order valence-corrected chi connectivity index (χ1v) is 10.7. The van der Waals surface area contributed by atoms with Gasteiger partial charge in [-0.2, -0.15) is 0 Å². The van der Waals surface area contributed by atoms with Gasteiger partial charge in [-0.25, -0.2) is 0 Å². The van der Waals surface area contributed by atoms with Gasteiger partial charge in [0, 0.05) is 5.56 Å². The Kier molecular flexibility index (Phi) is 9.33. The minimum absolute atomic E-state index is 0.0183. The lowest BCUT2D eigenvalue weighted by Gasteiger charge is -2.18. The molecule has 2 aromatic rings. The first-order valence-electron chi connectivity index (χ1n) is 9.91. The smallest absolute Gasteiger partial charge is 0.309 e. The van der Waals surface area contributed by atoms with Gasteiger partial charge in [-0.05, 0) is 59.1 Å². The first-order chi connectivity index (χ1) is 14.8. The quantitative estimate of drug-likeness (QED) is 0.361. The molecule has 0 heterocycles. The lowest BCUT2D eigenvalue weighted by atomic mass is 10.0.